The number of hydrogen-bond acceptors (Lipinski definition) is 5. The molecule has 2 aromatic rings. The lowest BCUT2D eigenvalue weighted by atomic mass is 10.1. The van der Waals surface area contributed by atoms with Crippen molar-refractivity contribution < 1.29 is 9.84 Å². The normalized spacial score (nSPS) is 12.0. The molecular formula is C23H34ClN3O2. The molecule has 0 aromatic heterocycles. The maximum atomic E-state index is 9.20. The smallest absolute Gasteiger partial charge is 0.120 e. The van der Waals surface area contributed by atoms with Crippen LogP contribution in [-0.2, 0) is 0 Å². The van der Waals surface area contributed by atoms with E-state index in [2.05, 4.69) is 16.3 Å². The predicted molar refractivity (Wildman–Crippen MR) is 123 cm³/mol. The second-order valence-electron chi connectivity index (χ2n) is 5.40. The Morgan fingerprint density at radius 3 is 2.17 bits per heavy atom. The molecule has 0 unspecified atom stereocenters. The van der Waals surface area contributed by atoms with Crippen molar-refractivity contribution in [3.05, 3.63) is 59.1 Å². The third kappa shape index (κ3) is 10.7. The first kappa shape index (κ1) is 26.7. The number of hydrogen-bond donors (Lipinski definition) is 2. The molecule has 2 aromatic carbocycles. The van der Waals surface area contributed by atoms with Crippen LogP contribution in [0.2, 0.25) is 5.02 Å². The van der Waals surface area contributed by atoms with Gasteiger partial charge in [0.05, 0.1) is 17.9 Å². The van der Waals surface area contributed by atoms with Gasteiger partial charge in [-0.2, -0.15) is 5.26 Å². The van der Waals surface area contributed by atoms with Gasteiger partial charge in [0.25, 0.3) is 0 Å². The lowest BCUT2D eigenvalue weighted by molar-refractivity contribution is 0.201. The summed E-state index contributed by atoms with van der Waals surface area (Å²) in [5.41, 5.74) is 1.57. The minimum Gasteiger partial charge on any atom is -0.491 e. The molecule has 1 heterocycles. The maximum absolute atomic E-state index is 9.20. The van der Waals surface area contributed by atoms with E-state index in [-0.39, 0.29) is 13.2 Å². The zero-order valence-electron chi connectivity index (χ0n) is 18.0. The lowest BCUT2D eigenvalue weighted by Crippen LogP contribution is -2.43. The fraction of sp³-hybridized carbons (Fsp3) is 0.435. The Hall–Kier alpha value is -2.26. The Bertz CT molecular complexity index is 684. The van der Waals surface area contributed by atoms with Crippen molar-refractivity contribution in [3.63, 3.8) is 0 Å². The first-order valence-electron chi connectivity index (χ1n) is 10.2. The Labute approximate surface area is 180 Å². The van der Waals surface area contributed by atoms with Gasteiger partial charge in [0.2, 0.25) is 0 Å². The van der Waals surface area contributed by atoms with Gasteiger partial charge in [0.15, 0.2) is 0 Å². The van der Waals surface area contributed by atoms with Crippen LogP contribution in [0.3, 0.4) is 0 Å². The summed E-state index contributed by atoms with van der Waals surface area (Å²) in [6, 6.07) is 17.1. The molecule has 1 saturated heterocycles. The minimum atomic E-state index is -0.0264. The average molecular weight is 420 g/mol. The van der Waals surface area contributed by atoms with Crippen molar-refractivity contribution in [1.29, 1.82) is 5.26 Å². The van der Waals surface area contributed by atoms with E-state index >= 15 is 0 Å². The summed E-state index contributed by atoms with van der Waals surface area (Å²) in [6.07, 6.45) is 0. The monoisotopic (exact) mass is 419 g/mol. The van der Waals surface area contributed by atoms with Crippen molar-refractivity contribution in [2.45, 2.75) is 27.7 Å². The van der Waals surface area contributed by atoms with Crippen LogP contribution in [0.5, 0.6) is 5.75 Å². The van der Waals surface area contributed by atoms with Gasteiger partial charge < -0.3 is 20.1 Å². The van der Waals surface area contributed by atoms with E-state index in [1.165, 1.54) is 0 Å². The third-order valence-electron chi connectivity index (χ3n) is 3.64. The second kappa shape index (κ2) is 17.8. The van der Waals surface area contributed by atoms with Gasteiger partial charge in [-0.3, -0.25) is 0 Å². The van der Waals surface area contributed by atoms with Gasteiger partial charge in [-0.05, 0) is 30.3 Å². The number of anilines is 1. The second-order valence-corrected chi connectivity index (χ2v) is 5.83. The lowest BCUT2D eigenvalue weighted by Gasteiger charge is -2.30. The molecule has 0 saturated carbocycles. The van der Waals surface area contributed by atoms with Crippen LogP contribution in [-0.4, -0.2) is 44.5 Å². The molecule has 0 amide bonds. The number of ether oxygens (including phenoxy) is 1. The summed E-state index contributed by atoms with van der Waals surface area (Å²) in [5, 5.41) is 22.0. The molecule has 2 N–H and O–H groups in total. The van der Waals surface area contributed by atoms with Crippen LogP contribution in [0.1, 0.15) is 33.3 Å². The molecule has 0 atom stereocenters. The number of benzene rings is 2. The van der Waals surface area contributed by atoms with Crippen LogP contribution in [0.25, 0.3) is 0 Å². The van der Waals surface area contributed by atoms with Crippen LogP contribution < -0.4 is 15.0 Å². The van der Waals surface area contributed by atoms with E-state index in [1.54, 1.807) is 6.07 Å². The number of piperazine rings is 1. The molecule has 160 valence electrons. The SMILES string of the molecule is CC.CC.Clc1ccccc1.N#Cc1cc(OCCO)ccc1N1CCNCC1. The fourth-order valence-corrected chi connectivity index (χ4v) is 2.60. The number of rotatable bonds is 4. The number of aliphatic hydroxyl groups excluding tert-OH is 1. The molecule has 3 rings (SSSR count). The average Bonchev–Trinajstić information content (AvgIpc) is 2.81. The minimum absolute atomic E-state index is 0.0264. The van der Waals surface area contributed by atoms with Crippen molar-refractivity contribution >= 4 is 17.3 Å². The standard InChI is InChI=1S/C13H17N3O2.C6H5Cl.2C2H6/c14-10-11-9-12(18-8-7-17)1-2-13(11)16-5-3-15-4-6-16;7-6-4-2-1-3-5-6;2*1-2/h1-2,9,15,17H,3-8H2;1-5H;2*1-2H3. The summed E-state index contributed by atoms with van der Waals surface area (Å²) in [5.74, 6) is 0.625. The van der Waals surface area contributed by atoms with Gasteiger partial charge in [-0.25, -0.2) is 0 Å². The van der Waals surface area contributed by atoms with Gasteiger partial charge in [-0.1, -0.05) is 57.5 Å². The highest BCUT2D eigenvalue weighted by Gasteiger charge is 2.14. The van der Waals surface area contributed by atoms with Gasteiger partial charge in [0, 0.05) is 31.2 Å². The number of nitrogens with zero attached hydrogens (tertiary/aromatic N) is 2. The largest absolute Gasteiger partial charge is 0.491 e. The zero-order chi connectivity index (χ0) is 21.9. The zero-order valence-corrected chi connectivity index (χ0v) is 18.7. The fourth-order valence-electron chi connectivity index (χ4n) is 2.45. The molecule has 0 aliphatic carbocycles. The Kier molecular flexibility index (Phi) is 16.4. The van der Waals surface area contributed by atoms with Gasteiger partial charge in [0.1, 0.15) is 18.4 Å². The molecule has 1 fully saturated rings. The van der Waals surface area contributed by atoms with E-state index in [9.17, 15) is 5.26 Å². The Morgan fingerprint density at radius 1 is 1.07 bits per heavy atom. The number of aliphatic hydroxyl groups is 1. The van der Waals surface area contributed by atoms with Gasteiger partial charge >= 0.3 is 0 Å². The molecule has 0 spiro atoms. The van der Waals surface area contributed by atoms with Gasteiger partial charge in [-0.15, -0.1) is 0 Å². The van der Waals surface area contributed by atoms with Crippen molar-refractivity contribution in [2.24, 2.45) is 0 Å². The van der Waals surface area contributed by atoms with E-state index in [0.717, 1.165) is 36.9 Å². The Balaban J connectivity index is 0.000000593. The van der Waals surface area contributed by atoms with Crippen molar-refractivity contribution in [3.8, 4) is 11.8 Å². The summed E-state index contributed by atoms with van der Waals surface area (Å²) in [4.78, 5) is 2.20. The highest BCUT2D eigenvalue weighted by Crippen LogP contribution is 2.25. The first-order chi connectivity index (χ1) is 14.2. The summed E-state index contributed by atoms with van der Waals surface area (Å²) >= 11 is 5.54. The predicted octanol–water partition coefficient (Wildman–Crippen LogP) is 4.73. The molecule has 29 heavy (non-hydrogen) atoms. The summed E-state index contributed by atoms with van der Waals surface area (Å²) < 4.78 is 5.31. The molecule has 1 aliphatic rings. The first-order valence-corrected chi connectivity index (χ1v) is 10.6. The topological polar surface area (TPSA) is 68.5 Å². The van der Waals surface area contributed by atoms with E-state index < -0.39 is 0 Å². The summed E-state index contributed by atoms with van der Waals surface area (Å²) in [7, 11) is 0. The highest BCUT2D eigenvalue weighted by atomic mass is 35.5. The quantitative estimate of drug-likeness (QED) is 0.749. The van der Waals surface area contributed by atoms with E-state index in [0.29, 0.717) is 11.3 Å². The van der Waals surface area contributed by atoms with E-state index in [1.807, 2.05) is 70.2 Å². The molecule has 1 aliphatic heterocycles. The molecule has 0 bridgehead atoms. The number of nitriles is 1. The van der Waals surface area contributed by atoms with Crippen LogP contribution in [0, 0.1) is 11.3 Å². The number of halogens is 1. The number of nitrogens with one attached hydrogen (secondary N) is 1. The molecule has 0 radical (unpaired) electrons. The van der Waals surface area contributed by atoms with Crippen molar-refractivity contribution in [1.82, 2.24) is 5.32 Å². The maximum Gasteiger partial charge on any atom is 0.120 e. The van der Waals surface area contributed by atoms with Crippen molar-refractivity contribution in [2.75, 3.05) is 44.3 Å². The van der Waals surface area contributed by atoms with Crippen LogP contribution in [0.15, 0.2) is 48.5 Å². The van der Waals surface area contributed by atoms with E-state index in [4.69, 9.17) is 21.4 Å². The highest BCUT2D eigenvalue weighted by molar-refractivity contribution is 6.30. The summed E-state index contributed by atoms with van der Waals surface area (Å²) in [6.45, 7) is 11.9. The third-order valence-corrected chi connectivity index (χ3v) is 3.89. The van der Waals surface area contributed by atoms with Crippen LogP contribution in [0.4, 0.5) is 5.69 Å². The molecule has 6 heteroatoms. The molecule has 5 nitrogen and oxygen atoms in total. The van der Waals surface area contributed by atoms with Crippen LogP contribution >= 0.6 is 11.6 Å². The molecular weight excluding hydrogens is 386 g/mol. The Morgan fingerprint density at radius 2 is 1.69 bits per heavy atom.